The Morgan fingerprint density at radius 1 is 0.875 bits per heavy atom. The molecule has 2 rings (SSSR count). The summed E-state index contributed by atoms with van der Waals surface area (Å²) in [6.07, 6.45) is -4.64. The predicted molar refractivity (Wildman–Crippen MR) is 87.4 cm³/mol. The minimum Gasteiger partial charge on any atom is -0.279 e. The second-order valence-electron chi connectivity index (χ2n) is 6.42. The van der Waals surface area contributed by atoms with Gasteiger partial charge in [0, 0.05) is 0 Å². The molecule has 0 aromatic heterocycles. The van der Waals surface area contributed by atoms with Crippen molar-refractivity contribution in [3.63, 3.8) is 0 Å². The van der Waals surface area contributed by atoms with Gasteiger partial charge in [0.05, 0.1) is 16.1 Å². The number of sulfonamides is 1. The molecule has 0 heterocycles. The van der Waals surface area contributed by atoms with Crippen LogP contribution in [-0.4, -0.2) is 8.42 Å². The average Bonchev–Trinajstić information content (AvgIpc) is 2.45. The molecule has 0 atom stereocenters. The van der Waals surface area contributed by atoms with Crippen LogP contribution in [0.15, 0.2) is 53.4 Å². The van der Waals surface area contributed by atoms with Gasteiger partial charge >= 0.3 is 6.18 Å². The fraction of sp³-hybridized carbons (Fsp3) is 0.294. The summed E-state index contributed by atoms with van der Waals surface area (Å²) in [6.45, 7) is 5.94. The quantitative estimate of drug-likeness (QED) is 0.857. The summed E-state index contributed by atoms with van der Waals surface area (Å²) >= 11 is 0. The lowest BCUT2D eigenvalue weighted by Crippen LogP contribution is -2.17. The molecule has 2 aromatic rings. The van der Waals surface area contributed by atoms with Crippen molar-refractivity contribution in [2.45, 2.75) is 37.3 Å². The van der Waals surface area contributed by atoms with Crippen molar-refractivity contribution in [3.8, 4) is 0 Å². The Balaban J connectivity index is 2.37. The van der Waals surface area contributed by atoms with E-state index in [0.29, 0.717) is 0 Å². The molecule has 0 amide bonds. The molecule has 0 unspecified atom stereocenters. The maximum Gasteiger partial charge on any atom is 0.418 e. The Kier molecular flexibility index (Phi) is 4.68. The Hall–Kier alpha value is -2.02. The molecule has 0 saturated carbocycles. The molecule has 0 saturated heterocycles. The standard InChI is InChI=1S/C17H18F3NO2S/c1-16(2,3)12-8-10-13(11-9-12)24(22,23)21-15-7-5-4-6-14(15)17(18,19)20/h4-11,21H,1-3H3. The molecular formula is C17H18F3NO2S. The molecule has 2 aromatic carbocycles. The summed E-state index contributed by atoms with van der Waals surface area (Å²) in [5.41, 5.74) is -0.750. The number of alkyl halides is 3. The van der Waals surface area contributed by atoms with E-state index in [4.69, 9.17) is 0 Å². The minimum atomic E-state index is -4.64. The van der Waals surface area contributed by atoms with E-state index in [1.807, 2.05) is 25.5 Å². The van der Waals surface area contributed by atoms with E-state index in [1.165, 1.54) is 24.3 Å². The van der Waals surface area contributed by atoms with E-state index >= 15 is 0 Å². The highest BCUT2D eigenvalue weighted by atomic mass is 32.2. The highest BCUT2D eigenvalue weighted by Crippen LogP contribution is 2.35. The van der Waals surface area contributed by atoms with Crippen LogP contribution in [0.3, 0.4) is 0 Å². The van der Waals surface area contributed by atoms with Crippen LogP contribution in [-0.2, 0) is 21.6 Å². The van der Waals surface area contributed by atoms with Crippen LogP contribution in [0, 0.1) is 0 Å². The van der Waals surface area contributed by atoms with Crippen LogP contribution in [0.1, 0.15) is 31.9 Å². The molecule has 0 aliphatic carbocycles. The van der Waals surface area contributed by atoms with Crippen LogP contribution < -0.4 is 4.72 Å². The van der Waals surface area contributed by atoms with Crippen molar-refractivity contribution in [2.75, 3.05) is 4.72 Å². The molecule has 0 radical (unpaired) electrons. The molecule has 3 nitrogen and oxygen atoms in total. The molecule has 7 heteroatoms. The first kappa shape index (κ1) is 18.3. The Morgan fingerprint density at radius 3 is 1.92 bits per heavy atom. The van der Waals surface area contributed by atoms with E-state index in [9.17, 15) is 21.6 Å². The Labute approximate surface area is 139 Å². The maximum atomic E-state index is 13.0. The predicted octanol–water partition coefficient (Wildman–Crippen LogP) is 4.80. The largest absolute Gasteiger partial charge is 0.418 e. The molecule has 0 spiro atoms. The number of rotatable bonds is 3. The van der Waals surface area contributed by atoms with Crippen molar-refractivity contribution in [1.29, 1.82) is 0 Å². The van der Waals surface area contributed by atoms with E-state index in [1.54, 1.807) is 12.1 Å². The number of para-hydroxylation sites is 1. The van der Waals surface area contributed by atoms with Crippen LogP contribution in [0.2, 0.25) is 0 Å². The molecule has 1 N–H and O–H groups in total. The molecule has 0 fully saturated rings. The fourth-order valence-corrected chi connectivity index (χ4v) is 3.24. The SMILES string of the molecule is CC(C)(C)c1ccc(S(=O)(=O)Nc2ccccc2C(F)(F)F)cc1. The Morgan fingerprint density at radius 2 is 1.42 bits per heavy atom. The Bertz CT molecular complexity index is 820. The van der Waals surface area contributed by atoms with E-state index in [-0.39, 0.29) is 10.3 Å². The zero-order valence-corrected chi connectivity index (χ0v) is 14.3. The third-order valence-corrected chi connectivity index (χ3v) is 4.89. The number of hydrogen-bond donors (Lipinski definition) is 1. The van der Waals surface area contributed by atoms with Crippen LogP contribution >= 0.6 is 0 Å². The van der Waals surface area contributed by atoms with Crippen molar-refractivity contribution < 1.29 is 21.6 Å². The molecule has 0 aliphatic heterocycles. The van der Waals surface area contributed by atoms with Gasteiger partial charge in [-0.2, -0.15) is 13.2 Å². The van der Waals surface area contributed by atoms with Crippen molar-refractivity contribution in [1.82, 2.24) is 0 Å². The van der Waals surface area contributed by atoms with Crippen molar-refractivity contribution in [2.24, 2.45) is 0 Å². The highest BCUT2D eigenvalue weighted by Gasteiger charge is 2.34. The second-order valence-corrected chi connectivity index (χ2v) is 8.11. The van der Waals surface area contributed by atoms with E-state index in [2.05, 4.69) is 0 Å². The lowest BCUT2D eigenvalue weighted by Gasteiger charge is -2.19. The topological polar surface area (TPSA) is 46.2 Å². The fourth-order valence-electron chi connectivity index (χ4n) is 2.16. The van der Waals surface area contributed by atoms with Crippen molar-refractivity contribution in [3.05, 3.63) is 59.7 Å². The summed E-state index contributed by atoms with van der Waals surface area (Å²) < 4.78 is 65.7. The second kappa shape index (κ2) is 6.12. The van der Waals surface area contributed by atoms with Crippen molar-refractivity contribution >= 4 is 15.7 Å². The number of anilines is 1. The van der Waals surface area contributed by atoms with Gasteiger partial charge in [-0.1, -0.05) is 45.0 Å². The average molecular weight is 357 g/mol. The first-order valence-electron chi connectivity index (χ1n) is 7.21. The van der Waals surface area contributed by atoms with Gasteiger partial charge in [-0.3, -0.25) is 4.72 Å². The molecule has 0 aliphatic rings. The van der Waals surface area contributed by atoms with Crippen LogP contribution in [0.4, 0.5) is 18.9 Å². The van der Waals surface area contributed by atoms with Crippen LogP contribution in [0.25, 0.3) is 0 Å². The van der Waals surface area contributed by atoms with E-state index in [0.717, 1.165) is 17.7 Å². The first-order chi connectivity index (χ1) is 10.9. The van der Waals surface area contributed by atoms with Gasteiger partial charge in [0.25, 0.3) is 10.0 Å². The lowest BCUT2D eigenvalue weighted by atomic mass is 9.87. The lowest BCUT2D eigenvalue weighted by molar-refractivity contribution is -0.136. The summed E-state index contributed by atoms with van der Waals surface area (Å²) in [6, 6.07) is 10.6. The third kappa shape index (κ3) is 4.08. The monoisotopic (exact) mass is 357 g/mol. The van der Waals surface area contributed by atoms with Gasteiger partial charge in [0.2, 0.25) is 0 Å². The summed E-state index contributed by atoms with van der Waals surface area (Å²) in [5, 5.41) is 0. The smallest absolute Gasteiger partial charge is 0.279 e. The van der Waals surface area contributed by atoms with E-state index < -0.39 is 27.5 Å². The number of hydrogen-bond acceptors (Lipinski definition) is 2. The number of halogens is 3. The van der Waals surface area contributed by atoms with Gasteiger partial charge in [-0.05, 0) is 35.2 Å². The summed E-state index contributed by atoms with van der Waals surface area (Å²) in [7, 11) is -4.11. The molecule has 24 heavy (non-hydrogen) atoms. The minimum absolute atomic E-state index is 0.0903. The molecule has 0 bridgehead atoms. The first-order valence-corrected chi connectivity index (χ1v) is 8.69. The number of benzene rings is 2. The summed E-state index contributed by atoms with van der Waals surface area (Å²) in [4.78, 5) is -0.0903. The van der Waals surface area contributed by atoms with Crippen LogP contribution in [0.5, 0.6) is 0 Å². The van der Waals surface area contributed by atoms with Gasteiger partial charge in [-0.25, -0.2) is 8.42 Å². The zero-order chi connectivity index (χ0) is 18.2. The summed E-state index contributed by atoms with van der Waals surface area (Å²) in [5.74, 6) is 0. The highest BCUT2D eigenvalue weighted by molar-refractivity contribution is 7.92. The zero-order valence-electron chi connectivity index (χ0n) is 13.5. The molecule has 130 valence electrons. The van der Waals surface area contributed by atoms with Gasteiger partial charge in [-0.15, -0.1) is 0 Å². The number of nitrogens with one attached hydrogen (secondary N) is 1. The molecular weight excluding hydrogens is 339 g/mol. The van der Waals surface area contributed by atoms with Gasteiger partial charge < -0.3 is 0 Å². The van der Waals surface area contributed by atoms with Gasteiger partial charge in [0.15, 0.2) is 0 Å². The third-order valence-electron chi connectivity index (χ3n) is 3.51. The maximum absolute atomic E-state index is 13.0. The normalized spacial score (nSPS) is 12.9. The van der Waals surface area contributed by atoms with Gasteiger partial charge in [0.1, 0.15) is 0 Å².